The molecule has 3 N–H and O–H groups in total. The lowest BCUT2D eigenvalue weighted by Gasteiger charge is -2.15. The normalized spacial score (nSPS) is 18.9. The van der Waals surface area contributed by atoms with Crippen molar-refractivity contribution in [1.29, 1.82) is 0 Å². The summed E-state index contributed by atoms with van der Waals surface area (Å²) in [7, 11) is 0. The molecule has 28 heavy (non-hydrogen) atoms. The molecule has 3 nitrogen and oxygen atoms in total. The smallest absolute Gasteiger partial charge is 0.200 e. The molecule has 0 aliphatic heterocycles. The van der Waals surface area contributed by atoms with Gasteiger partial charge in [0, 0.05) is 5.56 Å². The van der Waals surface area contributed by atoms with Gasteiger partial charge in [0.2, 0.25) is 5.75 Å². The second kappa shape index (κ2) is 8.97. The van der Waals surface area contributed by atoms with Gasteiger partial charge in [-0.25, -0.2) is 0 Å². The second-order valence-electron chi connectivity index (χ2n) is 10.0. The molecule has 2 aliphatic rings. The van der Waals surface area contributed by atoms with Gasteiger partial charge in [-0.3, -0.25) is 0 Å². The first-order valence-electron chi connectivity index (χ1n) is 11.6. The number of rotatable bonds is 13. The quantitative estimate of drug-likeness (QED) is 0.252. The Morgan fingerprint density at radius 2 is 1.43 bits per heavy atom. The van der Waals surface area contributed by atoms with Crippen molar-refractivity contribution in [3.8, 4) is 17.2 Å². The Bertz CT molecular complexity index is 656. The highest BCUT2D eigenvalue weighted by molar-refractivity contribution is 5.57. The molecule has 1 aromatic carbocycles. The lowest BCUT2D eigenvalue weighted by atomic mass is 9.92. The monoisotopic (exact) mass is 388 g/mol. The molecule has 0 amide bonds. The first-order chi connectivity index (χ1) is 13.4. The van der Waals surface area contributed by atoms with Gasteiger partial charge in [0.15, 0.2) is 11.5 Å². The third-order valence-corrected chi connectivity index (χ3v) is 7.62. The number of phenols is 3. The predicted molar refractivity (Wildman–Crippen MR) is 115 cm³/mol. The topological polar surface area (TPSA) is 60.7 Å². The van der Waals surface area contributed by atoms with Crippen LogP contribution in [0.4, 0.5) is 0 Å². The van der Waals surface area contributed by atoms with E-state index < -0.39 is 0 Å². The summed E-state index contributed by atoms with van der Waals surface area (Å²) in [4.78, 5) is 0. The van der Waals surface area contributed by atoms with Gasteiger partial charge in [-0.2, -0.15) is 0 Å². The van der Waals surface area contributed by atoms with Crippen LogP contribution >= 0.6 is 0 Å². The van der Waals surface area contributed by atoms with Crippen molar-refractivity contribution in [3.05, 3.63) is 17.2 Å². The Morgan fingerprint density at radius 3 is 2.04 bits per heavy atom. The van der Waals surface area contributed by atoms with E-state index in [9.17, 15) is 15.3 Å². The second-order valence-corrected chi connectivity index (χ2v) is 10.0. The first kappa shape index (κ1) is 21.3. The molecular formula is C25H40O3. The minimum atomic E-state index is -0.358. The molecule has 0 spiro atoms. The standard InChI is InChI=1S/C25H40O3/c1-3-25(16-17-25)13-9-4-6-10-19-18-21(26)23(28)22(27)20(19)11-7-5-8-12-24(2)14-15-24/h18,26-28H,3-17H2,1-2H3. The molecule has 3 rings (SSSR count). The number of phenolic OH excluding ortho intramolecular Hbond substituents is 3. The molecule has 0 unspecified atom stereocenters. The highest BCUT2D eigenvalue weighted by Crippen LogP contribution is 2.52. The minimum absolute atomic E-state index is 0.105. The third-order valence-electron chi connectivity index (χ3n) is 7.62. The Morgan fingerprint density at radius 1 is 0.786 bits per heavy atom. The van der Waals surface area contributed by atoms with E-state index in [2.05, 4.69) is 13.8 Å². The lowest BCUT2D eigenvalue weighted by Crippen LogP contribution is -2.00. The number of hydrogen-bond donors (Lipinski definition) is 3. The molecule has 158 valence electrons. The fourth-order valence-electron chi connectivity index (χ4n) is 4.68. The number of benzene rings is 1. The van der Waals surface area contributed by atoms with Crippen LogP contribution in [-0.2, 0) is 12.8 Å². The van der Waals surface area contributed by atoms with Crippen molar-refractivity contribution in [3.63, 3.8) is 0 Å². The van der Waals surface area contributed by atoms with Gasteiger partial charge in [0.1, 0.15) is 0 Å². The van der Waals surface area contributed by atoms with Crippen molar-refractivity contribution in [2.24, 2.45) is 10.8 Å². The zero-order chi connectivity index (χ0) is 20.2. The van der Waals surface area contributed by atoms with E-state index in [0.29, 0.717) is 10.8 Å². The van der Waals surface area contributed by atoms with E-state index in [1.54, 1.807) is 6.07 Å². The zero-order valence-corrected chi connectivity index (χ0v) is 18.0. The van der Waals surface area contributed by atoms with Crippen LogP contribution in [0, 0.1) is 10.8 Å². The van der Waals surface area contributed by atoms with Gasteiger partial charge < -0.3 is 15.3 Å². The summed E-state index contributed by atoms with van der Waals surface area (Å²) < 4.78 is 0. The molecule has 0 bridgehead atoms. The molecule has 0 atom stereocenters. The summed E-state index contributed by atoms with van der Waals surface area (Å²) in [5, 5.41) is 30.3. The van der Waals surface area contributed by atoms with Crippen molar-refractivity contribution < 1.29 is 15.3 Å². The largest absolute Gasteiger partial charge is 0.504 e. The summed E-state index contributed by atoms with van der Waals surface area (Å²) in [6, 6.07) is 1.67. The average Bonchev–Trinajstić information content (AvgIpc) is 3.60. The molecule has 0 heterocycles. The SMILES string of the molecule is CCC1(CCCCCc2cc(O)c(O)c(O)c2CCCCCC2(C)CC2)CC1. The van der Waals surface area contributed by atoms with E-state index in [4.69, 9.17) is 0 Å². The fourth-order valence-corrected chi connectivity index (χ4v) is 4.68. The Labute approximate surface area is 171 Å². The van der Waals surface area contributed by atoms with Crippen LogP contribution in [0.5, 0.6) is 17.2 Å². The van der Waals surface area contributed by atoms with Crippen molar-refractivity contribution in [2.75, 3.05) is 0 Å². The minimum Gasteiger partial charge on any atom is -0.504 e. The van der Waals surface area contributed by atoms with Gasteiger partial charge in [-0.15, -0.1) is 0 Å². The van der Waals surface area contributed by atoms with E-state index >= 15 is 0 Å². The molecular weight excluding hydrogens is 348 g/mol. The van der Waals surface area contributed by atoms with Crippen LogP contribution in [0.15, 0.2) is 6.07 Å². The lowest BCUT2D eigenvalue weighted by molar-refractivity contribution is 0.363. The van der Waals surface area contributed by atoms with Crippen LogP contribution in [-0.4, -0.2) is 15.3 Å². The Kier molecular flexibility index (Phi) is 6.83. The van der Waals surface area contributed by atoms with Crippen LogP contribution in [0.25, 0.3) is 0 Å². The van der Waals surface area contributed by atoms with Gasteiger partial charge in [-0.1, -0.05) is 46.0 Å². The van der Waals surface area contributed by atoms with E-state index in [1.165, 1.54) is 64.2 Å². The van der Waals surface area contributed by atoms with Crippen LogP contribution in [0.1, 0.15) is 108 Å². The number of unbranched alkanes of at least 4 members (excludes halogenated alkanes) is 4. The molecule has 0 aromatic heterocycles. The van der Waals surface area contributed by atoms with Gasteiger partial charge in [0.25, 0.3) is 0 Å². The maximum Gasteiger partial charge on any atom is 0.200 e. The van der Waals surface area contributed by atoms with Crippen LogP contribution in [0.2, 0.25) is 0 Å². The van der Waals surface area contributed by atoms with Crippen molar-refractivity contribution in [1.82, 2.24) is 0 Å². The molecule has 3 heteroatoms. The molecule has 1 aromatic rings. The highest BCUT2D eigenvalue weighted by Gasteiger charge is 2.39. The third kappa shape index (κ3) is 5.58. The molecule has 0 radical (unpaired) electrons. The van der Waals surface area contributed by atoms with E-state index in [1.807, 2.05) is 0 Å². The first-order valence-corrected chi connectivity index (χ1v) is 11.6. The number of aryl methyl sites for hydroxylation is 1. The van der Waals surface area contributed by atoms with Crippen LogP contribution < -0.4 is 0 Å². The summed E-state index contributed by atoms with van der Waals surface area (Å²) in [5.41, 5.74) is 3.14. The summed E-state index contributed by atoms with van der Waals surface area (Å²) in [5.74, 6) is -0.657. The van der Waals surface area contributed by atoms with Gasteiger partial charge >= 0.3 is 0 Å². The fraction of sp³-hybridized carbons (Fsp3) is 0.760. The summed E-state index contributed by atoms with van der Waals surface area (Å²) >= 11 is 0. The summed E-state index contributed by atoms with van der Waals surface area (Å²) in [6.07, 6.45) is 18.2. The van der Waals surface area contributed by atoms with Gasteiger partial charge in [-0.05, 0) is 86.7 Å². The Hall–Kier alpha value is -1.38. The van der Waals surface area contributed by atoms with E-state index in [-0.39, 0.29) is 17.2 Å². The Balaban J connectivity index is 1.47. The van der Waals surface area contributed by atoms with E-state index in [0.717, 1.165) is 43.2 Å². The summed E-state index contributed by atoms with van der Waals surface area (Å²) in [6.45, 7) is 4.69. The van der Waals surface area contributed by atoms with Crippen LogP contribution in [0.3, 0.4) is 0 Å². The maximum atomic E-state index is 10.4. The highest BCUT2D eigenvalue weighted by atomic mass is 16.3. The average molecular weight is 389 g/mol. The van der Waals surface area contributed by atoms with Gasteiger partial charge in [0.05, 0.1) is 0 Å². The maximum absolute atomic E-state index is 10.4. The predicted octanol–water partition coefficient (Wildman–Crippen LogP) is 7.00. The number of aromatic hydroxyl groups is 3. The van der Waals surface area contributed by atoms with Crippen molar-refractivity contribution >= 4 is 0 Å². The number of hydrogen-bond acceptors (Lipinski definition) is 3. The van der Waals surface area contributed by atoms with Crippen molar-refractivity contribution in [2.45, 2.75) is 110 Å². The molecule has 0 saturated heterocycles. The molecule has 2 aliphatic carbocycles. The molecule has 2 fully saturated rings. The molecule has 2 saturated carbocycles. The zero-order valence-electron chi connectivity index (χ0n) is 18.0.